The van der Waals surface area contributed by atoms with Crippen LogP contribution in [-0.4, -0.2) is 43.3 Å². The Morgan fingerprint density at radius 2 is 1.89 bits per heavy atom. The molecule has 1 fully saturated rings. The highest BCUT2D eigenvalue weighted by atomic mass is 32.2. The number of para-hydroxylation sites is 1. The summed E-state index contributed by atoms with van der Waals surface area (Å²) in [5.41, 5.74) is 0.644. The van der Waals surface area contributed by atoms with Crippen molar-refractivity contribution in [2.45, 2.75) is 30.7 Å². The van der Waals surface area contributed by atoms with Gasteiger partial charge in [0.2, 0.25) is 16.0 Å². The maximum atomic E-state index is 13.2. The molecule has 1 unspecified atom stereocenters. The van der Waals surface area contributed by atoms with Gasteiger partial charge in [-0.3, -0.25) is 4.31 Å². The van der Waals surface area contributed by atoms with Gasteiger partial charge in [-0.05, 0) is 37.0 Å². The second-order valence-electron chi connectivity index (χ2n) is 6.95. The van der Waals surface area contributed by atoms with E-state index in [2.05, 4.69) is 9.97 Å². The van der Waals surface area contributed by atoms with Crippen LogP contribution >= 0.6 is 0 Å². The SMILES string of the molecule is O=S(=O)(C1CCCN(c2nccc(C(F)(F)F)n2)C1)N1CCc2ccccc21. The van der Waals surface area contributed by atoms with E-state index >= 15 is 0 Å². The minimum atomic E-state index is -4.57. The molecule has 6 nitrogen and oxygen atoms in total. The molecule has 0 amide bonds. The molecule has 0 aliphatic carbocycles. The van der Waals surface area contributed by atoms with Crippen LogP contribution in [0.5, 0.6) is 0 Å². The maximum absolute atomic E-state index is 13.2. The Morgan fingerprint density at radius 1 is 1.11 bits per heavy atom. The van der Waals surface area contributed by atoms with Gasteiger partial charge in [0, 0.05) is 25.8 Å². The molecule has 4 rings (SSSR count). The Hall–Kier alpha value is -2.36. The van der Waals surface area contributed by atoms with E-state index in [4.69, 9.17) is 0 Å². The molecule has 2 aliphatic heterocycles. The summed E-state index contributed by atoms with van der Waals surface area (Å²) < 4.78 is 66.7. The Morgan fingerprint density at radius 3 is 2.68 bits per heavy atom. The zero-order valence-electron chi connectivity index (χ0n) is 14.9. The molecule has 1 aromatic carbocycles. The molecule has 1 atom stereocenters. The van der Waals surface area contributed by atoms with Crippen molar-refractivity contribution < 1.29 is 21.6 Å². The van der Waals surface area contributed by atoms with Crippen LogP contribution in [0.4, 0.5) is 24.8 Å². The molecule has 150 valence electrons. The number of benzene rings is 1. The lowest BCUT2D eigenvalue weighted by molar-refractivity contribution is -0.141. The lowest BCUT2D eigenvalue weighted by Crippen LogP contribution is -2.48. The largest absolute Gasteiger partial charge is 0.433 e. The standard InChI is InChI=1S/C18H19F3N4O2S/c19-18(20,21)16-7-9-22-17(23-16)24-10-3-5-14(12-24)28(26,27)25-11-8-13-4-1-2-6-15(13)25/h1-2,4,6-7,9,14H,3,5,8,10-12H2. The fourth-order valence-electron chi connectivity index (χ4n) is 3.77. The predicted octanol–water partition coefficient (Wildman–Crippen LogP) is 2.86. The van der Waals surface area contributed by atoms with Gasteiger partial charge in [-0.2, -0.15) is 13.2 Å². The molecule has 3 heterocycles. The van der Waals surface area contributed by atoms with Gasteiger partial charge in [-0.25, -0.2) is 18.4 Å². The van der Waals surface area contributed by atoms with Gasteiger partial charge in [0.1, 0.15) is 5.69 Å². The Balaban J connectivity index is 1.58. The molecular weight excluding hydrogens is 393 g/mol. The van der Waals surface area contributed by atoms with Crippen molar-refractivity contribution in [3.8, 4) is 0 Å². The second-order valence-corrected chi connectivity index (χ2v) is 9.08. The summed E-state index contributed by atoms with van der Waals surface area (Å²) in [4.78, 5) is 9.06. The summed E-state index contributed by atoms with van der Waals surface area (Å²) in [6.45, 7) is 0.879. The number of halogens is 3. The van der Waals surface area contributed by atoms with Crippen molar-refractivity contribution in [2.75, 3.05) is 28.8 Å². The lowest BCUT2D eigenvalue weighted by atomic mass is 10.1. The Bertz CT molecular complexity index is 981. The summed E-state index contributed by atoms with van der Waals surface area (Å²) in [5.74, 6) is -0.0865. The van der Waals surface area contributed by atoms with E-state index in [-0.39, 0.29) is 12.5 Å². The van der Waals surface area contributed by atoms with Crippen LogP contribution < -0.4 is 9.21 Å². The number of rotatable bonds is 3. The highest BCUT2D eigenvalue weighted by Crippen LogP contribution is 2.34. The second kappa shape index (κ2) is 6.91. The minimum Gasteiger partial charge on any atom is -0.339 e. The number of piperidine rings is 1. The molecule has 2 aromatic rings. The van der Waals surface area contributed by atoms with Crippen molar-refractivity contribution >= 4 is 21.7 Å². The number of alkyl halides is 3. The van der Waals surface area contributed by atoms with Crippen LogP contribution in [0.25, 0.3) is 0 Å². The van der Waals surface area contributed by atoms with Crippen LogP contribution in [0, 0.1) is 0 Å². The molecule has 0 saturated carbocycles. The highest BCUT2D eigenvalue weighted by molar-refractivity contribution is 7.93. The summed E-state index contributed by atoms with van der Waals surface area (Å²) in [6, 6.07) is 8.19. The quantitative estimate of drug-likeness (QED) is 0.776. The van der Waals surface area contributed by atoms with Crippen molar-refractivity contribution in [3.63, 3.8) is 0 Å². The monoisotopic (exact) mass is 412 g/mol. The van der Waals surface area contributed by atoms with Crippen LogP contribution in [0.1, 0.15) is 24.1 Å². The van der Waals surface area contributed by atoms with Crippen LogP contribution in [-0.2, 0) is 22.6 Å². The van der Waals surface area contributed by atoms with E-state index in [0.717, 1.165) is 17.8 Å². The number of hydrogen-bond donors (Lipinski definition) is 0. The van der Waals surface area contributed by atoms with Crippen molar-refractivity contribution in [2.24, 2.45) is 0 Å². The van der Waals surface area contributed by atoms with E-state index in [9.17, 15) is 21.6 Å². The zero-order valence-corrected chi connectivity index (χ0v) is 15.7. The summed E-state index contributed by atoms with van der Waals surface area (Å²) in [7, 11) is -3.64. The highest BCUT2D eigenvalue weighted by Gasteiger charge is 2.39. The lowest BCUT2D eigenvalue weighted by Gasteiger charge is -2.35. The smallest absolute Gasteiger partial charge is 0.339 e. The molecule has 0 spiro atoms. The average Bonchev–Trinajstić information content (AvgIpc) is 3.12. The molecule has 28 heavy (non-hydrogen) atoms. The molecular formula is C18H19F3N4O2S. The van der Waals surface area contributed by atoms with Gasteiger partial charge in [-0.1, -0.05) is 18.2 Å². The molecule has 10 heteroatoms. The van der Waals surface area contributed by atoms with Gasteiger partial charge >= 0.3 is 6.18 Å². The van der Waals surface area contributed by atoms with E-state index in [0.29, 0.717) is 38.0 Å². The molecule has 1 saturated heterocycles. The topological polar surface area (TPSA) is 66.4 Å². The first-order valence-corrected chi connectivity index (χ1v) is 10.5. The van der Waals surface area contributed by atoms with Crippen LogP contribution in [0.2, 0.25) is 0 Å². The number of nitrogens with zero attached hydrogens (tertiary/aromatic N) is 4. The van der Waals surface area contributed by atoms with E-state index in [1.54, 1.807) is 12.1 Å². The normalized spacial score (nSPS) is 20.3. The number of sulfonamides is 1. The van der Waals surface area contributed by atoms with E-state index in [1.165, 1.54) is 9.21 Å². The molecule has 1 aromatic heterocycles. The van der Waals surface area contributed by atoms with Gasteiger partial charge in [-0.15, -0.1) is 0 Å². The van der Waals surface area contributed by atoms with E-state index < -0.39 is 27.1 Å². The summed E-state index contributed by atoms with van der Waals surface area (Å²) in [6.07, 6.45) is -1.86. The van der Waals surface area contributed by atoms with Crippen LogP contribution in [0.15, 0.2) is 36.5 Å². The van der Waals surface area contributed by atoms with E-state index in [1.807, 2.05) is 12.1 Å². The third-order valence-corrected chi connectivity index (χ3v) is 7.39. The molecule has 0 bridgehead atoms. The molecule has 0 N–H and O–H groups in total. The first-order chi connectivity index (χ1) is 13.3. The third-order valence-electron chi connectivity index (χ3n) is 5.17. The van der Waals surface area contributed by atoms with Crippen molar-refractivity contribution in [1.82, 2.24) is 9.97 Å². The fourth-order valence-corrected chi connectivity index (χ4v) is 5.76. The number of anilines is 2. The molecule has 2 aliphatic rings. The number of hydrogen-bond acceptors (Lipinski definition) is 5. The summed E-state index contributed by atoms with van der Waals surface area (Å²) in [5, 5.41) is -0.717. The van der Waals surface area contributed by atoms with Gasteiger partial charge < -0.3 is 4.90 Å². The van der Waals surface area contributed by atoms with Gasteiger partial charge in [0.05, 0.1) is 10.9 Å². The van der Waals surface area contributed by atoms with Crippen molar-refractivity contribution in [3.05, 3.63) is 47.8 Å². The van der Waals surface area contributed by atoms with Crippen LogP contribution in [0.3, 0.4) is 0 Å². The Kier molecular flexibility index (Phi) is 4.68. The zero-order chi connectivity index (χ0) is 19.9. The van der Waals surface area contributed by atoms with Crippen molar-refractivity contribution in [1.29, 1.82) is 0 Å². The summed E-state index contributed by atoms with van der Waals surface area (Å²) >= 11 is 0. The first kappa shape index (κ1) is 19.0. The predicted molar refractivity (Wildman–Crippen MR) is 98.7 cm³/mol. The van der Waals surface area contributed by atoms with Gasteiger partial charge in [0.15, 0.2) is 0 Å². The van der Waals surface area contributed by atoms with Gasteiger partial charge in [0.25, 0.3) is 0 Å². The third kappa shape index (κ3) is 3.41. The number of aromatic nitrogens is 2. The first-order valence-electron chi connectivity index (χ1n) is 9.01. The number of fused-ring (bicyclic) bond motifs is 1. The fraction of sp³-hybridized carbons (Fsp3) is 0.444. The Labute approximate surface area is 161 Å². The molecule has 0 radical (unpaired) electrons. The maximum Gasteiger partial charge on any atom is 0.433 e. The minimum absolute atomic E-state index is 0.0717. The average molecular weight is 412 g/mol.